The van der Waals surface area contributed by atoms with Crippen LogP contribution in [0, 0.1) is 0 Å². The van der Waals surface area contributed by atoms with Crippen molar-refractivity contribution in [2.75, 3.05) is 27.7 Å². The summed E-state index contributed by atoms with van der Waals surface area (Å²) in [7, 11) is 6.00. The highest BCUT2D eigenvalue weighted by molar-refractivity contribution is 5.83. The number of aliphatic imine (C=N–C) groups is 1. The number of hydrogen-bond acceptors (Lipinski definition) is 2. The van der Waals surface area contributed by atoms with Gasteiger partial charge in [-0.15, -0.1) is 0 Å². The van der Waals surface area contributed by atoms with Crippen molar-refractivity contribution in [2.45, 2.75) is 19.5 Å². The van der Waals surface area contributed by atoms with E-state index in [1.54, 1.807) is 0 Å². The lowest BCUT2D eigenvalue weighted by Gasteiger charge is -2.16. The average Bonchev–Trinajstić information content (AvgIpc) is 3.08. The van der Waals surface area contributed by atoms with Crippen molar-refractivity contribution >= 4 is 16.9 Å². The second kappa shape index (κ2) is 9.24. The molecular weight excluding hydrogens is 334 g/mol. The van der Waals surface area contributed by atoms with Crippen molar-refractivity contribution in [3.63, 3.8) is 0 Å². The van der Waals surface area contributed by atoms with Crippen LogP contribution in [0.25, 0.3) is 10.9 Å². The zero-order valence-corrected chi connectivity index (χ0v) is 16.4. The monoisotopic (exact) mass is 363 g/mol. The van der Waals surface area contributed by atoms with Crippen LogP contribution in [0.5, 0.6) is 0 Å². The van der Waals surface area contributed by atoms with E-state index in [-0.39, 0.29) is 0 Å². The van der Waals surface area contributed by atoms with Gasteiger partial charge in [-0.05, 0) is 43.3 Å². The number of hydrogen-bond donors (Lipinski definition) is 3. The molecule has 0 saturated heterocycles. The minimum Gasteiger partial charge on any atom is -0.361 e. The van der Waals surface area contributed by atoms with Crippen LogP contribution in [0.3, 0.4) is 0 Å². The Hall–Kier alpha value is -2.79. The predicted molar refractivity (Wildman–Crippen MR) is 114 cm³/mol. The van der Waals surface area contributed by atoms with Crippen molar-refractivity contribution in [2.24, 2.45) is 4.99 Å². The highest BCUT2D eigenvalue weighted by atomic mass is 15.2. The fraction of sp³-hybridized carbons (Fsp3) is 0.318. The number of nitrogens with one attached hydrogen (secondary N) is 3. The van der Waals surface area contributed by atoms with E-state index in [1.165, 1.54) is 27.6 Å². The molecule has 0 saturated carbocycles. The molecule has 27 heavy (non-hydrogen) atoms. The van der Waals surface area contributed by atoms with Gasteiger partial charge < -0.3 is 20.5 Å². The molecule has 0 aliphatic heterocycles. The van der Waals surface area contributed by atoms with Gasteiger partial charge in [0, 0.05) is 43.8 Å². The lowest BCUT2D eigenvalue weighted by atomic mass is 10.1. The Morgan fingerprint density at radius 1 is 0.963 bits per heavy atom. The number of fused-ring (bicyclic) bond motifs is 1. The van der Waals surface area contributed by atoms with Gasteiger partial charge in [0.1, 0.15) is 0 Å². The quantitative estimate of drug-likeness (QED) is 0.446. The van der Waals surface area contributed by atoms with E-state index < -0.39 is 0 Å². The van der Waals surface area contributed by atoms with E-state index in [1.807, 2.05) is 7.05 Å². The normalized spacial score (nSPS) is 11.9. The van der Waals surface area contributed by atoms with Crippen molar-refractivity contribution in [3.05, 3.63) is 71.4 Å². The molecule has 0 radical (unpaired) electrons. The summed E-state index contributed by atoms with van der Waals surface area (Å²) in [5, 5.41) is 8.14. The summed E-state index contributed by atoms with van der Waals surface area (Å²) in [6, 6.07) is 16.9. The van der Waals surface area contributed by atoms with Gasteiger partial charge in [0.15, 0.2) is 5.96 Å². The Morgan fingerprint density at radius 2 is 1.70 bits per heavy atom. The van der Waals surface area contributed by atoms with Crippen LogP contribution >= 0.6 is 0 Å². The van der Waals surface area contributed by atoms with Crippen LogP contribution in [-0.2, 0) is 19.5 Å². The van der Waals surface area contributed by atoms with Gasteiger partial charge in [-0.1, -0.05) is 42.5 Å². The van der Waals surface area contributed by atoms with Gasteiger partial charge in [0.05, 0.1) is 0 Å². The van der Waals surface area contributed by atoms with Gasteiger partial charge in [0.2, 0.25) is 0 Å². The maximum atomic E-state index is 4.35. The standard InChI is InChI=1S/C22H29N5/c1-23-22(26-14-17-8-4-5-9-19(17)16-27(2)3)24-13-12-18-15-25-21-11-7-6-10-20(18)21/h4-11,15,25H,12-14,16H2,1-3H3,(H2,23,24,26). The zero-order valence-electron chi connectivity index (χ0n) is 16.4. The lowest BCUT2D eigenvalue weighted by Crippen LogP contribution is -2.38. The number of benzene rings is 2. The molecule has 0 aliphatic rings. The molecule has 5 nitrogen and oxygen atoms in total. The highest BCUT2D eigenvalue weighted by Crippen LogP contribution is 2.17. The Labute approximate surface area is 161 Å². The lowest BCUT2D eigenvalue weighted by molar-refractivity contribution is 0.400. The van der Waals surface area contributed by atoms with Gasteiger partial charge in [-0.2, -0.15) is 0 Å². The molecule has 0 unspecified atom stereocenters. The van der Waals surface area contributed by atoms with Gasteiger partial charge in [-0.25, -0.2) is 0 Å². The number of guanidine groups is 1. The van der Waals surface area contributed by atoms with Crippen molar-refractivity contribution < 1.29 is 0 Å². The maximum absolute atomic E-state index is 4.35. The molecule has 5 heteroatoms. The smallest absolute Gasteiger partial charge is 0.191 e. The second-order valence-corrected chi connectivity index (χ2v) is 6.97. The minimum atomic E-state index is 0.761. The third-order valence-corrected chi connectivity index (χ3v) is 4.64. The fourth-order valence-corrected chi connectivity index (χ4v) is 3.28. The van der Waals surface area contributed by atoms with Crippen molar-refractivity contribution in [1.29, 1.82) is 0 Å². The summed E-state index contributed by atoms with van der Waals surface area (Å²) >= 11 is 0. The minimum absolute atomic E-state index is 0.761. The number of H-pyrrole nitrogens is 1. The first-order valence-corrected chi connectivity index (χ1v) is 9.38. The number of para-hydroxylation sites is 1. The molecule has 0 atom stereocenters. The van der Waals surface area contributed by atoms with E-state index in [2.05, 4.69) is 94.3 Å². The largest absolute Gasteiger partial charge is 0.361 e. The van der Waals surface area contributed by atoms with E-state index in [4.69, 9.17) is 0 Å². The summed E-state index contributed by atoms with van der Waals surface area (Å²) in [6.07, 6.45) is 3.04. The Balaban J connectivity index is 1.53. The molecule has 1 aromatic heterocycles. The molecule has 3 N–H and O–H groups in total. The first-order chi connectivity index (χ1) is 13.2. The molecule has 3 aromatic rings. The van der Waals surface area contributed by atoms with Crippen molar-refractivity contribution in [3.8, 4) is 0 Å². The molecule has 0 amide bonds. The summed E-state index contributed by atoms with van der Waals surface area (Å²) < 4.78 is 0. The Morgan fingerprint density at radius 3 is 2.48 bits per heavy atom. The second-order valence-electron chi connectivity index (χ2n) is 6.97. The number of rotatable bonds is 7. The fourth-order valence-electron chi connectivity index (χ4n) is 3.28. The number of aromatic nitrogens is 1. The maximum Gasteiger partial charge on any atom is 0.191 e. The third-order valence-electron chi connectivity index (χ3n) is 4.64. The number of aromatic amines is 1. The van der Waals surface area contributed by atoms with Gasteiger partial charge in [-0.3, -0.25) is 4.99 Å². The highest BCUT2D eigenvalue weighted by Gasteiger charge is 2.06. The van der Waals surface area contributed by atoms with Gasteiger partial charge in [0.25, 0.3) is 0 Å². The van der Waals surface area contributed by atoms with Crippen LogP contribution in [0.1, 0.15) is 16.7 Å². The van der Waals surface area contributed by atoms with E-state index >= 15 is 0 Å². The van der Waals surface area contributed by atoms with Crippen LogP contribution in [0.15, 0.2) is 59.7 Å². The molecule has 3 rings (SSSR count). The summed E-state index contributed by atoms with van der Waals surface area (Å²) in [4.78, 5) is 9.87. The van der Waals surface area contributed by atoms with Crippen LogP contribution in [0.2, 0.25) is 0 Å². The number of nitrogens with zero attached hydrogens (tertiary/aromatic N) is 2. The Kier molecular flexibility index (Phi) is 6.49. The van der Waals surface area contributed by atoms with Crippen LogP contribution in [-0.4, -0.2) is 43.5 Å². The summed E-state index contributed by atoms with van der Waals surface area (Å²) in [5.41, 5.74) is 5.15. The van der Waals surface area contributed by atoms with Gasteiger partial charge >= 0.3 is 0 Å². The SMILES string of the molecule is CN=C(NCCc1c[nH]c2ccccc12)NCc1ccccc1CN(C)C. The Bertz CT molecular complexity index is 894. The molecule has 2 aromatic carbocycles. The average molecular weight is 364 g/mol. The predicted octanol–water partition coefficient (Wildman–Crippen LogP) is 3.14. The molecule has 0 fully saturated rings. The van der Waals surface area contributed by atoms with E-state index in [0.29, 0.717) is 0 Å². The van der Waals surface area contributed by atoms with E-state index in [0.717, 1.165) is 32.0 Å². The molecule has 1 heterocycles. The molecule has 0 aliphatic carbocycles. The first-order valence-electron chi connectivity index (χ1n) is 9.38. The molecule has 0 bridgehead atoms. The molecular formula is C22H29N5. The van der Waals surface area contributed by atoms with Crippen LogP contribution in [0.4, 0.5) is 0 Å². The molecule has 142 valence electrons. The summed E-state index contributed by atoms with van der Waals surface area (Å²) in [5.74, 6) is 0.828. The molecule has 0 spiro atoms. The van der Waals surface area contributed by atoms with E-state index in [9.17, 15) is 0 Å². The van der Waals surface area contributed by atoms with Crippen molar-refractivity contribution in [1.82, 2.24) is 20.5 Å². The first kappa shape index (κ1) is 19.0. The zero-order chi connectivity index (χ0) is 19.1. The topological polar surface area (TPSA) is 55.5 Å². The third kappa shape index (κ3) is 5.11. The summed E-state index contributed by atoms with van der Waals surface area (Å²) in [6.45, 7) is 2.53. The van der Waals surface area contributed by atoms with Crippen LogP contribution < -0.4 is 10.6 Å².